The molecule has 4 heterocycles. The van der Waals surface area contributed by atoms with Crippen LogP contribution in [0.5, 0.6) is 11.5 Å². The standard InChI is InChI=1S/C26H32N6O4/c1-6-26(4,5)32-24(28-29-30-32)23(16(2)3)31(14-19-8-7-9-34-19)13-18-10-17-11-21-22(36-15-35-21)12-20(17)27-25(18)33/h7-12,16,23H,6,13-15H2,1-5H3,(H,27,33)/t23-/m0/s1. The average molecular weight is 493 g/mol. The Labute approximate surface area is 209 Å². The highest BCUT2D eigenvalue weighted by Crippen LogP contribution is 2.36. The molecule has 5 rings (SSSR count). The number of hydrogen-bond acceptors (Lipinski definition) is 8. The molecule has 3 aromatic heterocycles. The summed E-state index contributed by atoms with van der Waals surface area (Å²) in [6.45, 7) is 11.7. The van der Waals surface area contributed by atoms with E-state index in [1.165, 1.54) is 0 Å². The Morgan fingerprint density at radius 3 is 2.64 bits per heavy atom. The van der Waals surface area contributed by atoms with Crippen LogP contribution in [0.1, 0.15) is 64.2 Å². The summed E-state index contributed by atoms with van der Waals surface area (Å²) in [4.78, 5) is 18.4. The number of H-pyrrole nitrogens is 1. The van der Waals surface area contributed by atoms with E-state index in [2.05, 4.69) is 60.0 Å². The fourth-order valence-corrected chi connectivity index (χ4v) is 4.68. The molecule has 0 saturated carbocycles. The molecule has 1 atom stereocenters. The van der Waals surface area contributed by atoms with Crippen LogP contribution in [-0.2, 0) is 18.6 Å². The zero-order chi connectivity index (χ0) is 25.4. The van der Waals surface area contributed by atoms with Crippen LogP contribution in [0.4, 0.5) is 0 Å². The van der Waals surface area contributed by atoms with Crippen molar-refractivity contribution in [3.63, 3.8) is 0 Å². The smallest absolute Gasteiger partial charge is 0.252 e. The lowest BCUT2D eigenvalue weighted by Gasteiger charge is -2.35. The van der Waals surface area contributed by atoms with Crippen LogP contribution in [0, 0.1) is 5.92 Å². The highest BCUT2D eigenvalue weighted by molar-refractivity contribution is 5.83. The predicted molar refractivity (Wildman–Crippen MR) is 134 cm³/mol. The lowest BCUT2D eigenvalue weighted by Crippen LogP contribution is -2.38. The third kappa shape index (κ3) is 4.48. The van der Waals surface area contributed by atoms with E-state index in [-0.39, 0.29) is 29.9 Å². The first-order valence-corrected chi connectivity index (χ1v) is 12.3. The van der Waals surface area contributed by atoms with Gasteiger partial charge in [-0.05, 0) is 60.9 Å². The van der Waals surface area contributed by atoms with Gasteiger partial charge in [-0.25, -0.2) is 4.68 Å². The van der Waals surface area contributed by atoms with Crippen LogP contribution >= 0.6 is 0 Å². The number of rotatable bonds is 9. The quantitative estimate of drug-likeness (QED) is 0.366. The van der Waals surface area contributed by atoms with Crippen molar-refractivity contribution in [2.75, 3.05) is 6.79 Å². The molecule has 0 saturated heterocycles. The van der Waals surface area contributed by atoms with Crippen molar-refractivity contribution in [2.45, 2.75) is 65.7 Å². The summed E-state index contributed by atoms with van der Waals surface area (Å²) in [7, 11) is 0. The van der Waals surface area contributed by atoms with Crippen molar-refractivity contribution >= 4 is 10.9 Å². The number of fused-ring (bicyclic) bond motifs is 2. The number of aromatic amines is 1. The van der Waals surface area contributed by atoms with Crippen molar-refractivity contribution < 1.29 is 13.9 Å². The number of tetrazole rings is 1. The molecule has 1 N–H and O–H groups in total. The Bertz CT molecular complexity index is 1410. The van der Waals surface area contributed by atoms with Crippen molar-refractivity contribution in [2.24, 2.45) is 5.92 Å². The minimum absolute atomic E-state index is 0.151. The Hall–Kier alpha value is -3.66. The summed E-state index contributed by atoms with van der Waals surface area (Å²) in [5.74, 6) is 3.04. The molecule has 1 aliphatic rings. The summed E-state index contributed by atoms with van der Waals surface area (Å²) in [5, 5.41) is 13.7. The number of ether oxygens (including phenoxy) is 2. The maximum absolute atomic E-state index is 13.2. The Morgan fingerprint density at radius 2 is 1.94 bits per heavy atom. The number of nitrogens with zero attached hydrogens (tertiary/aromatic N) is 5. The van der Waals surface area contributed by atoms with Crippen molar-refractivity contribution in [1.82, 2.24) is 30.1 Å². The highest BCUT2D eigenvalue weighted by Gasteiger charge is 2.34. The Kier molecular flexibility index (Phi) is 6.29. The van der Waals surface area contributed by atoms with Gasteiger partial charge in [-0.1, -0.05) is 20.8 Å². The van der Waals surface area contributed by atoms with Gasteiger partial charge in [-0.15, -0.1) is 5.10 Å². The van der Waals surface area contributed by atoms with Gasteiger partial charge in [-0.2, -0.15) is 0 Å². The summed E-state index contributed by atoms with van der Waals surface area (Å²) in [6, 6.07) is 9.27. The van der Waals surface area contributed by atoms with Crippen LogP contribution in [0.2, 0.25) is 0 Å². The molecule has 0 spiro atoms. The zero-order valence-electron chi connectivity index (χ0n) is 21.3. The second kappa shape index (κ2) is 9.42. The molecular weight excluding hydrogens is 460 g/mol. The van der Waals surface area contributed by atoms with Gasteiger partial charge in [0.05, 0.1) is 29.9 Å². The Balaban J connectivity index is 1.57. The average Bonchev–Trinajstić information content (AvgIpc) is 3.60. The van der Waals surface area contributed by atoms with Crippen LogP contribution in [-0.4, -0.2) is 36.9 Å². The minimum Gasteiger partial charge on any atom is -0.468 e. The topological polar surface area (TPSA) is 111 Å². The van der Waals surface area contributed by atoms with Crippen molar-refractivity contribution in [1.29, 1.82) is 0 Å². The summed E-state index contributed by atoms with van der Waals surface area (Å²) in [6.07, 6.45) is 2.53. The zero-order valence-corrected chi connectivity index (χ0v) is 21.3. The van der Waals surface area contributed by atoms with E-state index in [0.29, 0.717) is 35.7 Å². The van der Waals surface area contributed by atoms with Gasteiger partial charge >= 0.3 is 0 Å². The van der Waals surface area contributed by atoms with Crippen LogP contribution in [0.3, 0.4) is 0 Å². The van der Waals surface area contributed by atoms with E-state index in [0.717, 1.165) is 23.4 Å². The number of furan rings is 1. The number of pyridine rings is 1. The summed E-state index contributed by atoms with van der Waals surface area (Å²) in [5.41, 5.74) is 0.930. The molecule has 0 aliphatic carbocycles. The molecule has 10 heteroatoms. The third-order valence-electron chi connectivity index (χ3n) is 6.95. The van der Waals surface area contributed by atoms with Crippen LogP contribution < -0.4 is 15.0 Å². The number of nitrogens with one attached hydrogen (secondary N) is 1. The molecule has 190 valence electrons. The monoisotopic (exact) mass is 492 g/mol. The maximum Gasteiger partial charge on any atom is 0.252 e. The van der Waals surface area contributed by atoms with Gasteiger partial charge in [0.2, 0.25) is 6.79 Å². The summed E-state index contributed by atoms with van der Waals surface area (Å²) < 4.78 is 18.6. The van der Waals surface area contributed by atoms with Gasteiger partial charge in [-0.3, -0.25) is 9.69 Å². The predicted octanol–water partition coefficient (Wildman–Crippen LogP) is 4.38. The molecule has 4 aromatic rings. The van der Waals surface area contributed by atoms with E-state index < -0.39 is 0 Å². The molecule has 1 aromatic carbocycles. The van der Waals surface area contributed by atoms with Crippen LogP contribution in [0.25, 0.3) is 10.9 Å². The second-order valence-corrected chi connectivity index (χ2v) is 10.2. The molecule has 1 aliphatic heterocycles. The minimum atomic E-state index is -0.259. The molecule has 10 nitrogen and oxygen atoms in total. The second-order valence-electron chi connectivity index (χ2n) is 10.2. The third-order valence-corrected chi connectivity index (χ3v) is 6.95. The van der Waals surface area contributed by atoms with E-state index in [1.54, 1.807) is 12.3 Å². The van der Waals surface area contributed by atoms with Gasteiger partial charge < -0.3 is 18.9 Å². The molecule has 0 unspecified atom stereocenters. The van der Waals surface area contributed by atoms with Gasteiger partial charge in [0.15, 0.2) is 17.3 Å². The van der Waals surface area contributed by atoms with Gasteiger partial charge in [0.1, 0.15) is 5.76 Å². The van der Waals surface area contributed by atoms with Crippen LogP contribution in [0.15, 0.2) is 45.8 Å². The number of benzene rings is 1. The molecule has 36 heavy (non-hydrogen) atoms. The summed E-state index contributed by atoms with van der Waals surface area (Å²) >= 11 is 0. The molecule has 0 radical (unpaired) electrons. The largest absolute Gasteiger partial charge is 0.468 e. The number of aromatic nitrogens is 5. The molecular formula is C26H32N6O4. The van der Waals surface area contributed by atoms with E-state index >= 15 is 0 Å². The normalized spacial score (nSPS) is 14.3. The fraction of sp³-hybridized carbons (Fsp3) is 0.462. The maximum atomic E-state index is 13.2. The van der Waals surface area contributed by atoms with Crippen molar-refractivity contribution in [3.8, 4) is 11.5 Å². The van der Waals surface area contributed by atoms with Gasteiger partial charge in [0, 0.05) is 23.6 Å². The molecule has 0 fully saturated rings. The first kappa shape index (κ1) is 24.1. The van der Waals surface area contributed by atoms with Crippen molar-refractivity contribution in [3.05, 3.63) is 64.1 Å². The first-order chi connectivity index (χ1) is 17.3. The van der Waals surface area contributed by atoms with E-state index in [4.69, 9.17) is 13.9 Å². The molecule has 0 bridgehead atoms. The fourth-order valence-electron chi connectivity index (χ4n) is 4.68. The van der Waals surface area contributed by atoms with E-state index in [1.807, 2.05) is 28.9 Å². The first-order valence-electron chi connectivity index (χ1n) is 12.3. The lowest BCUT2D eigenvalue weighted by molar-refractivity contribution is 0.109. The van der Waals surface area contributed by atoms with Gasteiger partial charge in [0.25, 0.3) is 5.56 Å². The molecule has 0 amide bonds. The number of hydrogen-bond donors (Lipinski definition) is 1. The van der Waals surface area contributed by atoms with E-state index in [9.17, 15) is 4.79 Å². The lowest BCUT2D eigenvalue weighted by atomic mass is 9.97. The Morgan fingerprint density at radius 1 is 1.17 bits per heavy atom. The SMILES string of the molecule is CCC(C)(C)n1nnnc1[C@H](C(C)C)N(Cc1ccco1)Cc1cc2cc3c(cc2[nH]c1=O)OCO3. The highest BCUT2D eigenvalue weighted by atomic mass is 16.7.